The normalized spacial score (nSPS) is 12.3. The third-order valence-corrected chi connectivity index (χ3v) is 2.87. The summed E-state index contributed by atoms with van der Waals surface area (Å²) in [5.74, 6) is -1.22. The molecule has 25 heavy (non-hydrogen) atoms. The fraction of sp³-hybridized carbons (Fsp3) is 0.385. The second-order valence-electron chi connectivity index (χ2n) is 4.74. The van der Waals surface area contributed by atoms with Crippen LogP contribution in [-0.4, -0.2) is 32.8 Å². The van der Waals surface area contributed by atoms with Crippen molar-refractivity contribution in [1.29, 1.82) is 0 Å². The van der Waals surface area contributed by atoms with Gasteiger partial charge in [0.25, 0.3) is 0 Å². The Labute approximate surface area is 136 Å². The van der Waals surface area contributed by atoms with Crippen LogP contribution in [0.4, 0.5) is 26.3 Å². The third-order valence-electron chi connectivity index (χ3n) is 2.87. The van der Waals surface area contributed by atoms with Crippen LogP contribution < -0.4 is 0 Å². The van der Waals surface area contributed by atoms with Gasteiger partial charge in [0.1, 0.15) is 0 Å². The lowest BCUT2D eigenvalue weighted by atomic mass is 10.0. The largest absolute Gasteiger partial charge is 0.465 e. The third kappa shape index (κ3) is 4.67. The van der Waals surface area contributed by atoms with Crippen molar-refractivity contribution >= 4 is 5.97 Å². The molecule has 0 N–H and O–H groups in total. The number of aromatic nitrogens is 4. The maximum atomic E-state index is 12.8. The van der Waals surface area contributed by atoms with E-state index in [0.29, 0.717) is 16.9 Å². The van der Waals surface area contributed by atoms with Crippen LogP contribution in [0.15, 0.2) is 18.2 Å². The van der Waals surface area contributed by atoms with Crippen molar-refractivity contribution in [2.75, 3.05) is 6.61 Å². The number of carbonyl (C=O) groups is 1. The van der Waals surface area contributed by atoms with Gasteiger partial charge in [-0.05, 0) is 30.3 Å². The molecule has 12 heteroatoms. The van der Waals surface area contributed by atoms with E-state index < -0.39 is 47.4 Å². The van der Waals surface area contributed by atoms with Crippen LogP contribution in [0.5, 0.6) is 0 Å². The SMILES string of the molecule is CCOC(=O)Cn1nnc(-c2cc(C(F)(F)F)cc(C(F)(F)F)c2)n1. The quantitative estimate of drug-likeness (QED) is 0.613. The average Bonchev–Trinajstić information content (AvgIpc) is 2.93. The molecule has 0 saturated heterocycles. The molecule has 136 valence electrons. The average molecular weight is 368 g/mol. The van der Waals surface area contributed by atoms with E-state index in [1.807, 2.05) is 0 Å². The van der Waals surface area contributed by atoms with Crippen molar-refractivity contribution in [2.45, 2.75) is 25.8 Å². The molecule has 0 unspecified atom stereocenters. The zero-order valence-electron chi connectivity index (χ0n) is 12.5. The number of ether oxygens (including phenoxy) is 1. The summed E-state index contributed by atoms with van der Waals surface area (Å²) in [4.78, 5) is 12.0. The number of nitrogens with zero attached hydrogens (tertiary/aromatic N) is 4. The van der Waals surface area contributed by atoms with Gasteiger partial charge in [0, 0.05) is 5.56 Å². The molecule has 0 bridgehead atoms. The molecule has 1 aromatic carbocycles. The van der Waals surface area contributed by atoms with E-state index >= 15 is 0 Å². The Morgan fingerprint density at radius 2 is 1.64 bits per heavy atom. The van der Waals surface area contributed by atoms with E-state index in [1.54, 1.807) is 6.92 Å². The Hall–Kier alpha value is -2.66. The summed E-state index contributed by atoms with van der Waals surface area (Å²) in [6, 6.07) is 0.939. The van der Waals surface area contributed by atoms with Crippen LogP contribution in [0.2, 0.25) is 0 Å². The van der Waals surface area contributed by atoms with E-state index in [2.05, 4.69) is 20.1 Å². The van der Waals surface area contributed by atoms with E-state index in [9.17, 15) is 31.1 Å². The highest BCUT2D eigenvalue weighted by molar-refractivity contribution is 5.68. The minimum Gasteiger partial charge on any atom is -0.465 e. The maximum absolute atomic E-state index is 12.8. The van der Waals surface area contributed by atoms with Gasteiger partial charge in [-0.3, -0.25) is 0 Å². The molecule has 1 heterocycles. The molecule has 0 amide bonds. The second-order valence-corrected chi connectivity index (χ2v) is 4.74. The Morgan fingerprint density at radius 3 is 2.12 bits per heavy atom. The molecule has 0 spiro atoms. The fourth-order valence-corrected chi connectivity index (χ4v) is 1.83. The first-order valence-corrected chi connectivity index (χ1v) is 6.74. The van der Waals surface area contributed by atoms with Crippen molar-refractivity contribution in [3.63, 3.8) is 0 Å². The molecule has 0 fully saturated rings. The molecule has 6 nitrogen and oxygen atoms in total. The maximum Gasteiger partial charge on any atom is 0.416 e. The fourth-order valence-electron chi connectivity index (χ4n) is 1.83. The van der Waals surface area contributed by atoms with Crippen molar-refractivity contribution < 1.29 is 35.9 Å². The summed E-state index contributed by atoms with van der Waals surface area (Å²) in [5, 5.41) is 10.4. The molecule has 2 aromatic rings. The molecule has 0 aliphatic carbocycles. The number of rotatable bonds is 4. The molecule has 0 aliphatic rings. The van der Waals surface area contributed by atoms with Gasteiger partial charge in [-0.25, -0.2) is 4.79 Å². The van der Waals surface area contributed by atoms with Crippen molar-refractivity contribution in [3.05, 3.63) is 29.3 Å². The predicted octanol–water partition coefficient (Wildman–Crippen LogP) is 2.94. The second kappa shape index (κ2) is 6.69. The molecular formula is C13H10F6N4O2. The summed E-state index contributed by atoms with van der Waals surface area (Å²) in [6.07, 6.45) is -9.98. The zero-order valence-corrected chi connectivity index (χ0v) is 12.5. The number of benzene rings is 1. The number of hydrogen-bond donors (Lipinski definition) is 0. The number of halogens is 6. The van der Waals surface area contributed by atoms with Crippen LogP contribution in [-0.2, 0) is 28.4 Å². The minimum absolute atomic E-state index is 0.00740. The van der Waals surface area contributed by atoms with Crippen LogP contribution in [0.25, 0.3) is 11.4 Å². The number of carbonyl (C=O) groups excluding carboxylic acids is 1. The summed E-state index contributed by atoms with van der Waals surface area (Å²) in [7, 11) is 0. The number of alkyl halides is 6. The molecular weight excluding hydrogens is 358 g/mol. The van der Waals surface area contributed by atoms with Crippen molar-refractivity contribution in [3.8, 4) is 11.4 Å². The summed E-state index contributed by atoms with van der Waals surface area (Å²) in [6.45, 7) is 1.16. The van der Waals surface area contributed by atoms with E-state index in [0.717, 1.165) is 0 Å². The molecule has 0 aliphatic heterocycles. The lowest BCUT2D eigenvalue weighted by Crippen LogP contribution is -2.15. The Bertz CT molecular complexity index is 736. The van der Waals surface area contributed by atoms with E-state index in [4.69, 9.17) is 0 Å². The standard InChI is InChI=1S/C13H10F6N4O2/c1-2-25-10(24)6-23-21-11(20-22-23)7-3-8(12(14,15)16)5-9(4-7)13(17,18)19/h3-5H,2,6H2,1H3. The van der Waals surface area contributed by atoms with Crippen LogP contribution >= 0.6 is 0 Å². The van der Waals surface area contributed by atoms with Gasteiger partial charge in [-0.2, -0.15) is 31.1 Å². The number of hydrogen-bond acceptors (Lipinski definition) is 5. The van der Waals surface area contributed by atoms with Crippen LogP contribution in [0.3, 0.4) is 0 Å². The van der Waals surface area contributed by atoms with Gasteiger partial charge < -0.3 is 4.74 Å². The van der Waals surface area contributed by atoms with Gasteiger partial charge in [0.15, 0.2) is 6.54 Å². The lowest BCUT2D eigenvalue weighted by molar-refractivity contribution is -0.145. The van der Waals surface area contributed by atoms with Gasteiger partial charge in [0.2, 0.25) is 5.82 Å². The molecule has 0 saturated carbocycles. The molecule has 0 atom stereocenters. The predicted molar refractivity (Wildman–Crippen MR) is 69.9 cm³/mol. The topological polar surface area (TPSA) is 69.9 Å². The highest BCUT2D eigenvalue weighted by Crippen LogP contribution is 2.37. The Balaban J connectivity index is 2.42. The summed E-state index contributed by atoms with van der Waals surface area (Å²) >= 11 is 0. The van der Waals surface area contributed by atoms with Crippen molar-refractivity contribution in [1.82, 2.24) is 20.2 Å². The number of tetrazole rings is 1. The number of esters is 1. The molecule has 0 radical (unpaired) electrons. The molecule has 2 rings (SSSR count). The van der Waals surface area contributed by atoms with E-state index in [-0.39, 0.29) is 12.7 Å². The van der Waals surface area contributed by atoms with Gasteiger partial charge in [0.05, 0.1) is 17.7 Å². The van der Waals surface area contributed by atoms with Crippen molar-refractivity contribution in [2.24, 2.45) is 0 Å². The monoisotopic (exact) mass is 368 g/mol. The Kier molecular flexibility index (Phi) is 4.99. The van der Waals surface area contributed by atoms with E-state index in [1.165, 1.54) is 0 Å². The summed E-state index contributed by atoms with van der Waals surface area (Å²) in [5.41, 5.74) is -3.53. The van der Waals surface area contributed by atoms with Crippen LogP contribution in [0, 0.1) is 0 Å². The highest BCUT2D eigenvalue weighted by Gasteiger charge is 2.37. The van der Waals surface area contributed by atoms with Gasteiger partial charge in [-0.15, -0.1) is 10.2 Å². The first kappa shape index (κ1) is 18.7. The lowest BCUT2D eigenvalue weighted by Gasteiger charge is -2.12. The van der Waals surface area contributed by atoms with Gasteiger partial charge in [-0.1, -0.05) is 0 Å². The highest BCUT2D eigenvalue weighted by atomic mass is 19.4. The summed E-state index contributed by atoms with van der Waals surface area (Å²) < 4.78 is 81.6. The van der Waals surface area contributed by atoms with Crippen LogP contribution in [0.1, 0.15) is 18.1 Å². The first-order chi connectivity index (χ1) is 11.5. The molecule has 1 aromatic heterocycles. The first-order valence-electron chi connectivity index (χ1n) is 6.74. The Morgan fingerprint density at radius 1 is 1.08 bits per heavy atom. The zero-order chi connectivity index (χ0) is 18.8. The van der Waals surface area contributed by atoms with Gasteiger partial charge >= 0.3 is 18.3 Å². The minimum atomic E-state index is -4.99. The smallest absolute Gasteiger partial charge is 0.416 e.